The Bertz CT molecular complexity index is 434. The molecule has 0 aliphatic carbocycles. The first-order valence-electron chi connectivity index (χ1n) is 4.76. The lowest BCUT2D eigenvalue weighted by Gasteiger charge is -2.11. The predicted molar refractivity (Wildman–Crippen MR) is 53.5 cm³/mol. The summed E-state index contributed by atoms with van der Waals surface area (Å²) in [5.41, 5.74) is -1.74. The molecule has 1 rings (SSSR count). The van der Waals surface area contributed by atoms with Crippen molar-refractivity contribution in [2.45, 2.75) is 6.18 Å². The predicted octanol–water partition coefficient (Wildman–Crippen LogP) is 2.39. The Morgan fingerprint density at radius 2 is 2.06 bits per heavy atom. The van der Waals surface area contributed by atoms with Crippen molar-refractivity contribution in [3.8, 4) is 0 Å². The second-order valence-electron chi connectivity index (χ2n) is 3.18. The zero-order chi connectivity index (χ0) is 13.8. The van der Waals surface area contributed by atoms with Gasteiger partial charge in [0, 0.05) is 5.69 Å². The van der Waals surface area contributed by atoms with E-state index in [1.165, 1.54) is 0 Å². The third-order valence-corrected chi connectivity index (χ3v) is 1.84. The lowest BCUT2D eigenvalue weighted by molar-refractivity contribution is -0.139. The van der Waals surface area contributed by atoms with E-state index in [4.69, 9.17) is 5.11 Å². The van der Waals surface area contributed by atoms with Gasteiger partial charge in [-0.1, -0.05) is 0 Å². The van der Waals surface area contributed by atoms with Crippen LogP contribution in [0.1, 0.15) is 5.56 Å². The molecule has 18 heavy (non-hydrogen) atoms. The SMILES string of the molecule is O=C(Nc1ccc(F)c(C(F)(F)F)c1)OCCO. The number of ether oxygens (including phenoxy) is 1. The Labute approximate surface area is 99.2 Å². The van der Waals surface area contributed by atoms with Gasteiger partial charge in [-0.2, -0.15) is 13.2 Å². The van der Waals surface area contributed by atoms with E-state index in [9.17, 15) is 22.4 Å². The molecule has 0 aliphatic heterocycles. The van der Waals surface area contributed by atoms with Crippen molar-refractivity contribution in [3.05, 3.63) is 29.6 Å². The van der Waals surface area contributed by atoms with Crippen LogP contribution in [0.3, 0.4) is 0 Å². The van der Waals surface area contributed by atoms with Gasteiger partial charge in [0.1, 0.15) is 12.4 Å². The van der Waals surface area contributed by atoms with Gasteiger partial charge in [-0.3, -0.25) is 5.32 Å². The summed E-state index contributed by atoms with van der Waals surface area (Å²) in [6.07, 6.45) is -5.89. The molecule has 0 aliphatic rings. The number of alkyl halides is 3. The number of carbonyl (C=O) groups is 1. The van der Waals surface area contributed by atoms with Crippen LogP contribution in [0, 0.1) is 5.82 Å². The van der Waals surface area contributed by atoms with Crippen LogP contribution in [0.5, 0.6) is 0 Å². The molecule has 1 aromatic rings. The molecule has 1 amide bonds. The van der Waals surface area contributed by atoms with Crippen LogP contribution >= 0.6 is 0 Å². The molecule has 100 valence electrons. The number of anilines is 1. The molecule has 0 fully saturated rings. The Balaban J connectivity index is 2.83. The fraction of sp³-hybridized carbons (Fsp3) is 0.300. The van der Waals surface area contributed by atoms with Gasteiger partial charge in [-0.05, 0) is 18.2 Å². The first kappa shape index (κ1) is 14.2. The van der Waals surface area contributed by atoms with Crippen LogP contribution < -0.4 is 5.32 Å². The number of amides is 1. The topological polar surface area (TPSA) is 58.6 Å². The van der Waals surface area contributed by atoms with Crippen LogP contribution in [-0.4, -0.2) is 24.4 Å². The van der Waals surface area contributed by atoms with Crippen LogP contribution in [0.2, 0.25) is 0 Å². The Morgan fingerprint density at radius 1 is 1.39 bits per heavy atom. The maximum Gasteiger partial charge on any atom is 0.419 e. The second kappa shape index (κ2) is 5.67. The van der Waals surface area contributed by atoms with Gasteiger partial charge in [0.2, 0.25) is 0 Å². The Morgan fingerprint density at radius 3 is 2.61 bits per heavy atom. The number of nitrogens with one attached hydrogen (secondary N) is 1. The zero-order valence-corrected chi connectivity index (χ0v) is 8.92. The van der Waals surface area contributed by atoms with Crippen molar-refractivity contribution in [2.24, 2.45) is 0 Å². The Hall–Kier alpha value is -1.83. The molecular formula is C10H9F4NO3. The third kappa shape index (κ3) is 3.88. The number of benzene rings is 1. The van der Waals surface area contributed by atoms with Crippen molar-refractivity contribution in [2.75, 3.05) is 18.5 Å². The van der Waals surface area contributed by atoms with Crippen molar-refractivity contribution in [3.63, 3.8) is 0 Å². The van der Waals surface area contributed by atoms with Crippen LogP contribution in [0.4, 0.5) is 28.0 Å². The van der Waals surface area contributed by atoms with E-state index in [0.29, 0.717) is 12.1 Å². The minimum atomic E-state index is -4.85. The molecule has 8 heteroatoms. The molecule has 4 nitrogen and oxygen atoms in total. The highest BCUT2D eigenvalue weighted by atomic mass is 19.4. The largest absolute Gasteiger partial charge is 0.447 e. The summed E-state index contributed by atoms with van der Waals surface area (Å²) in [5, 5.41) is 10.3. The summed E-state index contributed by atoms with van der Waals surface area (Å²) in [4.78, 5) is 11.0. The maximum absolute atomic E-state index is 12.9. The van der Waals surface area contributed by atoms with Gasteiger partial charge in [-0.25, -0.2) is 9.18 Å². The third-order valence-electron chi connectivity index (χ3n) is 1.84. The second-order valence-corrected chi connectivity index (χ2v) is 3.18. The summed E-state index contributed by atoms with van der Waals surface area (Å²) in [5.74, 6) is -1.43. The first-order chi connectivity index (χ1) is 8.34. The first-order valence-corrected chi connectivity index (χ1v) is 4.76. The highest BCUT2D eigenvalue weighted by Crippen LogP contribution is 2.32. The van der Waals surface area contributed by atoms with Gasteiger partial charge in [0.15, 0.2) is 0 Å². The van der Waals surface area contributed by atoms with Gasteiger partial charge in [-0.15, -0.1) is 0 Å². The van der Waals surface area contributed by atoms with E-state index < -0.39 is 30.3 Å². The van der Waals surface area contributed by atoms with Crippen LogP contribution in [0.25, 0.3) is 0 Å². The molecule has 2 N–H and O–H groups in total. The van der Waals surface area contributed by atoms with Gasteiger partial charge in [0.05, 0.1) is 12.2 Å². The van der Waals surface area contributed by atoms with E-state index in [2.05, 4.69) is 4.74 Å². The summed E-state index contributed by atoms with van der Waals surface area (Å²) in [7, 11) is 0. The number of aliphatic hydroxyl groups excluding tert-OH is 1. The summed E-state index contributed by atoms with van der Waals surface area (Å²) < 4.78 is 54.3. The summed E-state index contributed by atoms with van der Waals surface area (Å²) >= 11 is 0. The molecule has 0 bridgehead atoms. The van der Waals surface area contributed by atoms with E-state index in [0.717, 1.165) is 6.07 Å². The number of hydrogen-bond donors (Lipinski definition) is 2. The number of rotatable bonds is 3. The number of hydrogen-bond acceptors (Lipinski definition) is 3. The van der Waals surface area contributed by atoms with Gasteiger partial charge >= 0.3 is 12.3 Å². The average Bonchev–Trinajstić information content (AvgIpc) is 2.27. The van der Waals surface area contributed by atoms with E-state index in [1.807, 2.05) is 5.32 Å². The Kier molecular flexibility index (Phi) is 4.49. The smallest absolute Gasteiger partial charge is 0.419 e. The molecular weight excluding hydrogens is 258 g/mol. The van der Waals surface area contributed by atoms with E-state index >= 15 is 0 Å². The maximum atomic E-state index is 12.9. The van der Waals surface area contributed by atoms with Crippen molar-refractivity contribution in [1.29, 1.82) is 0 Å². The molecule has 0 unspecified atom stereocenters. The summed E-state index contributed by atoms with van der Waals surface area (Å²) in [6.45, 7) is -0.705. The number of aliphatic hydroxyl groups is 1. The fourth-order valence-corrected chi connectivity index (χ4v) is 1.11. The molecule has 1 aromatic carbocycles. The highest BCUT2D eigenvalue weighted by Gasteiger charge is 2.34. The molecule has 0 radical (unpaired) electrons. The standard InChI is InChI=1S/C10H9F4NO3/c11-8-2-1-6(5-7(8)10(12,13)14)15-9(17)18-4-3-16/h1-2,5,16H,3-4H2,(H,15,17). The molecule has 0 saturated heterocycles. The minimum absolute atomic E-state index is 0.258. The number of halogens is 4. The van der Waals surface area contributed by atoms with Crippen molar-refractivity contribution in [1.82, 2.24) is 0 Å². The quantitative estimate of drug-likeness (QED) is 0.827. The fourth-order valence-electron chi connectivity index (χ4n) is 1.11. The van der Waals surface area contributed by atoms with Crippen molar-refractivity contribution < 1.29 is 32.2 Å². The lowest BCUT2D eigenvalue weighted by Crippen LogP contribution is -2.17. The number of carbonyl (C=O) groups excluding carboxylic acids is 1. The average molecular weight is 267 g/mol. The molecule has 0 heterocycles. The lowest BCUT2D eigenvalue weighted by atomic mass is 10.2. The normalized spacial score (nSPS) is 11.2. The van der Waals surface area contributed by atoms with Crippen molar-refractivity contribution >= 4 is 11.8 Å². The van der Waals surface area contributed by atoms with Gasteiger partial charge < -0.3 is 9.84 Å². The van der Waals surface area contributed by atoms with E-state index in [-0.39, 0.29) is 12.3 Å². The van der Waals surface area contributed by atoms with Crippen LogP contribution in [-0.2, 0) is 10.9 Å². The molecule has 0 saturated carbocycles. The molecule has 0 aromatic heterocycles. The molecule has 0 spiro atoms. The monoisotopic (exact) mass is 267 g/mol. The summed E-state index contributed by atoms with van der Waals surface area (Å²) in [6, 6.07) is 2.00. The van der Waals surface area contributed by atoms with Gasteiger partial charge in [0.25, 0.3) is 0 Å². The van der Waals surface area contributed by atoms with Crippen LogP contribution in [0.15, 0.2) is 18.2 Å². The van der Waals surface area contributed by atoms with E-state index in [1.54, 1.807) is 0 Å². The zero-order valence-electron chi connectivity index (χ0n) is 8.92. The molecule has 0 atom stereocenters. The minimum Gasteiger partial charge on any atom is -0.447 e. The highest BCUT2D eigenvalue weighted by molar-refractivity contribution is 5.84.